The van der Waals surface area contributed by atoms with Gasteiger partial charge in [0.2, 0.25) is 0 Å². The standard InChI is InChI=1S/C14H16N2OS/c1-11-10-13(17)16-14(15-11)18-9-5-8-12-6-3-2-4-7-12/h2-4,6-7,10H,5,8-9H2,1H3,(H,15,16,17). The Hall–Kier alpha value is -1.55. The monoisotopic (exact) mass is 260 g/mol. The van der Waals surface area contributed by atoms with Gasteiger partial charge in [0.1, 0.15) is 0 Å². The van der Waals surface area contributed by atoms with Gasteiger partial charge >= 0.3 is 0 Å². The summed E-state index contributed by atoms with van der Waals surface area (Å²) in [7, 11) is 0. The summed E-state index contributed by atoms with van der Waals surface area (Å²) >= 11 is 1.60. The van der Waals surface area contributed by atoms with Crippen molar-refractivity contribution < 1.29 is 0 Å². The van der Waals surface area contributed by atoms with Crippen molar-refractivity contribution in [2.24, 2.45) is 0 Å². The number of H-pyrrole nitrogens is 1. The van der Waals surface area contributed by atoms with Crippen molar-refractivity contribution in [1.29, 1.82) is 0 Å². The van der Waals surface area contributed by atoms with Gasteiger partial charge in [-0.2, -0.15) is 0 Å². The summed E-state index contributed by atoms with van der Waals surface area (Å²) in [6, 6.07) is 11.9. The molecule has 0 unspecified atom stereocenters. The maximum absolute atomic E-state index is 11.3. The predicted molar refractivity (Wildman–Crippen MR) is 75.1 cm³/mol. The van der Waals surface area contributed by atoms with E-state index in [1.807, 2.05) is 13.0 Å². The first-order chi connectivity index (χ1) is 8.74. The number of thioether (sulfide) groups is 1. The summed E-state index contributed by atoms with van der Waals surface area (Å²) in [5.74, 6) is 0.960. The van der Waals surface area contributed by atoms with Gasteiger partial charge in [-0.1, -0.05) is 42.1 Å². The summed E-state index contributed by atoms with van der Waals surface area (Å²) in [4.78, 5) is 18.3. The topological polar surface area (TPSA) is 45.8 Å². The van der Waals surface area contributed by atoms with Gasteiger partial charge in [0.05, 0.1) is 0 Å². The molecule has 0 fully saturated rings. The maximum atomic E-state index is 11.3. The highest BCUT2D eigenvalue weighted by atomic mass is 32.2. The lowest BCUT2D eigenvalue weighted by Crippen LogP contribution is -2.08. The van der Waals surface area contributed by atoms with Crippen molar-refractivity contribution in [2.75, 3.05) is 5.75 Å². The van der Waals surface area contributed by atoms with Gasteiger partial charge in [0.25, 0.3) is 5.56 Å². The molecule has 0 atom stereocenters. The fourth-order valence-corrected chi connectivity index (χ4v) is 2.57. The normalized spacial score (nSPS) is 10.5. The van der Waals surface area contributed by atoms with Crippen LogP contribution in [0.15, 0.2) is 46.3 Å². The van der Waals surface area contributed by atoms with Crippen molar-refractivity contribution >= 4 is 11.8 Å². The smallest absolute Gasteiger partial charge is 0.251 e. The number of hydrogen-bond acceptors (Lipinski definition) is 3. The molecule has 0 aliphatic heterocycles. The Bertz CT molecular complexity index is 551. The van der Waals surface area contributed by atoms with Crippen LogP contribution in [-0.4, -0.2) is 15.7 Å². The van der Waals surface area contributed by atoms with Crippen LogP contribution in [0.1, 0.15) is 17.7 Å². The number of nitrogens with one attached hydrogen (secondary N) is 1. The van der Waals surface area contributed by atoms with Crippen LogP contribution in [0.25, 0.3) is 0 Å². The number of aromatic nitrogens is 2. The highest BCUT2D eigenvalue weighted by Crippen LogP contribution is 2.14. The first-order valence-electron chi connectivity index (χ1n) is 5.99. The maximum Gasteiger partial charge on any atom is 0.251 e. The van der Waals surface area contributed by atoms with Crippen LogP contribution in [0.4, 0.5) is 0 Å². The summed E-state index contributed by atoms with van der Waals surface area (Å²) in [6.45, 7) is 1.84. The molecule has 0 bridgehead atoms. The van der Waals surface area contributed by atoms with E-state index in [0.29, 0.717) is 5.16 Å². The van der Waals surface area contributed by atoms with Crippen molar-refractivity contribution in [2.45, 2.75) is 24.9 Å². The number of aryl methyl sites for hydroxylation is 2. The molecule has 0 saturated carbocycles. The summed E-state index contributed by atoms with van der Waals surface area (Å²) < 4.78 is 0. The lowest BCUT2D eigenvalue weighted by Gasteiger charge is -2.02. The molecule has 0 amide bonds. The van der Waals surface area contributed by atoms with E-state index >= 15 is 0 Å². The van der Waals surface area contributed by atoms with Crippen LogP contribution in [0.3, 0.4) is 0 Å². The highest BCUT2D eigenvalue weighted by molar-refractivity contribution is 7.99. The molecule has 0 radical (unpaired) electrons. The molecule has 0 aliphatic carbocycles. The van der Waals surface area contributed by atoms with Gasteiger partial charge < -0.3 is 4.98 Å². The Morgan fingerprint density at radius 2 is 2.06 bits per heavy atom. The molecule has 4 heteroatoms. The molecule has 1 N–H and O–H groups in total. The second kappa shape index (κ2) is 6.40. The Labute approximate surface area is 111 Å². The molecule has 18 heavy (non-hydrogen) atoms. The van der Waals surface area contributed by atoms with Gasteiger partial charge in [-0.05, 0) is 25.3 Å². The van der Waals surface area contributed by atoms with Gasteiger partial charge in [0, 0.05) is 17.5 Å². The van der Waals surface area contributed by atoms with Crippen molar-refractivity contribution in [1.82, 2.24) is 9.97 Å². The molecular formula is C14H16N2OS. The minimum Gasteiger partial charge on any atom is -0.301 e. The van der Waals surface area contributed by atoms with E-state index in [0.717, 1.165) is 24.3 Å². The van der Waals surface area contributed by atoms with Gasteiger partial charge in [-0.25, -0.2) is 4.98 Å². The molecule has 1 heterocycles. The molecule has 3 nitrogen and oxygen atoms in total. The minimum absolute atomic E-state index is 0.0759. The van der Waals surface area contributed by atoms with Gasteiger partial charge in [-0.15, -0.1) is 0 Å². The largest absolute Gasteiger partial charge is 0.301 e. The van der Waals surface area contributed by atoms with Gasteiger partial charge in [0.15, 0.2) is 5.16 Å². The van der Waals surface area contributed by atoms with Crippen LogP contribution < -0.4 is 5.56 Å². The molecule has 1 aromatic carbocycles. The third-order valence-corrected chi connectivity index (χ3v) is 3.50. The highest BCUT2D eigenvalue weighted by Gasteiger charge is 1.99. The predicted octanol–water partition coefficient (Wildman–Crippen LogP) is 2.80. The zero-order valence-corrected chi connectivity index (χ0v) is 11.2. The number of benzene rings is 1. The van der Waals surface area contributed by atoms with Crippen molar-refractivity contribution in [3.63, 3.8) is 0 Å². The van der Waals surface area contributed by atoms with Crippen LogP contribution in [0.5, 0.6) is 0 Å². The van der Waals surface area contributed by atoms with Crippen LogP contribution >= 0.6 is 11.8 Å². The second-order valence-electron chi connectivity index (χ2n) is 4.13. The van der Waals surface area contributed by atoms with Crippen molar-refractivity contribution in [3.8, 4) is 0 Å². The average molecular weight is 260 g/mol. The molecule has 0 spiro atoms. The van der Waals surface area contributed by atoms with E-state index in [2.05, 4.69) is 34.2 Å². The lowest BCUT2D eigenvalue weighted by atomic mass is 10.1. The molecule has 1 aromatic heterocycles. The quantitative estimate of drug-likeness (QED) is 0.511. The summed E-state index contributed by atoms with van der Waals surface area (Å²) in [5, 5.41) is 0.716. The molecular weight excluding hydrogens is 244 g/mol. The molecule has 94 valence electrons. The van der Waals surface area contributed by atoms with E-state index in [1.165, 1.54) is 11.6 Å². The Balaban J connectivity index is 1.80. The summed E-state index contributed by atoms with van der Waals surface area (Å²) in [5.41, 5.74) is 2.04. The van der Waals surface area contributed by atoms with Crippen LogP contribution in [0, 0.1) is 6.92 Å². The minimum atomic E-state index is -0.0759. The zero-order chi connectivity index (χ0) is 12.8. The Kier molecular flexibility index (Phi) is 4.59. The SMILES string of the molecule is Cc1cc(=O)[nH]c(SCCCc2ccccc2)n1. The van der Waals surface area contributed by atoms with E-state index in [1.54, 1.807) is 11.8 Å². The lowest BCUT2D eigenvalue weighted by molar-refractivity contribution is 0.891. The Morgan fingerprint density at radius 3 is 2.78 bits per heavy atom. The number of nitrogens with zero attached hydrogens (tertiary/aromatic N) is 1. The second-order valence-corrected chi connectivity index (χ2v) is 5.21. The van der Waals surface area contributed by atoms with E-state index in [9.17, 15) is 4.79 Å². The first kappa shape index (κ1) is 12.9. The fraction of sp³-hybridized carbons (Fsp3) is 0.286. The molecule has 0 aliphatic rings. The van der Waals surface area contributed by atoms with Gasteiger partial charge in [-0.3, -0.25) is 4.79 Å². The number of rotatable bonds is 5. The fourth-order valence-electron chi connectivity index (χ4n) is 1.71. The summed E-state index contributed by atoms with van der Waals surface area (Å²) in [6.07, 6.45) is 2.14. The van der Waals surface area contributed by atoms with E-state index in [-0.39, 0.29) is 5.56 Å². The molecule has 2 aromatic rings. The molecule has 0 saturated heterocycles. The number of hydrogen-bond donors (Lipinski definition) is 1. The first-order valence-corrected chi connectivity index (χ1v) is 6.97. The third-order valence-electron chi connectivity index (χ3n) is 2.54. The zero-order valence-electron chi connectivity index (χ0n) is 10.3. The van der Waals surface area contributed by atoms with E-state index in [4.69, 9.17) is 0 Å². The average Bonchev–Trinajstić information content (AvgIpc) is 2.35. The van der Waals surface area contributed by atoms with Crippen LogP contribution in [0.2, 0.25) is 0 Å². The van der Waals surface area contributed by atoms with E-state index < -0.39 is 0 Å². The molecule has 2 rings (SSSR count). The van der Waals surface area contributed by atoms with Crippen LogP contribution in [-0.2, 0) is 6.42 Å². The third kappa shape index (κ3) is 4.04. The number of aromatic amines is 1. The van der Waals surface area contributed by atoms with Crippen molar-refractivity contribution in [3.05, 3.63) is 58.0 Å². The Morgan fingerprint density at radius 1 is 1.28 bits per heavy atom.